The van der Waals surface area contributed by atoms with Crippen LogP contribution < -0.4 is 4.90 Å². The van der Waals surface area contributed by atoms with E-state index in [0.29, 0.717) is 31.5 Å². The number of anilines is 1. The van der Waals surface area contributed by atoms with E-state index in [2.05, 4.69) is 4.90 Å². The van der Waals surface area contributed by atoms with E-state index >= 15 is 0 Å². The summed E-state index contributed by atoms with van der Waals surface area (Å²) in [6.45, 7) is 1.30. The number of aliphatic hydroxyl groups is 1. The predicted octanol–water partition coefficient (Wildman–Crippen LogP) is 3.45. The minimum Gasteiger partial charge on any atom is -0.385 e. The summed E-state index contributed by atoms with van der Waals surface area (Å²) in [4.78, 5) is 2.17. The lowest BCUT2D eigenvalue weighted by Crippen LogP contribution is -2.42. The highest BCUT2D eigenvalue weighted by Gasteiger charge is 2.34. The molecular weight excluding hydrogens is 272 g/mol. The topological polar surface area (TPSA) is 23.5 Å². The number of hydrogen-bond acceptors (Lipinski definition) is 2. The first-order chi connectivity index (χ1) is 10.1. The molecule has 4 heteroatoms. The van der Waals surface area contributed by atoms with E-state index in [1.54, 1.807) is 0 Å². The molecule has 0 saturated carbocycles. The van der Waals surface area contributed by atoms with Gasteiger partial charge in [-0.15, -0.1) is 0 Å². The summed E-state index contributed by atoms with van der Waals surface area (Å²) in [5.41, 5.74) is 0.270. The fourth-order valence-electron chi connectivity index (χ4n) is 2.88. The van der Waals surface area contributed by atoms with Gasteiger partial charge in [-0.3, -0.25) is 0 Å². The summed E-state index contributed by atoms with van der Waals surface area (Å²) in [6, 6.07) is 13.2. The molecule has 1 heterocycles. The van der Waals surface area contributed by atoms with Crippen molar-refractivity contribution in [1.82, 2.24) is 0 Å². The SMILES string of the molecule is OC1(c2cc(F)cc(F)c2)CCN(c2ccccc2)CC1. The quantitative estimate of drug-likeness (QED) is 0.915. The smallest absolute Gasteiger partial charge is 0.126 e. The minimum atomic E-state index is -1.16. The van der Waals surface area contributed by atoms with E-state index < -0.39 is 17.2 Å². The molecule has 3 rings (SSSR count). The zero-order chi connectivity index (χ0) is 14.9. The molecule has 1 saturated heterocycles. The number of benzene rings is 2. The van der Waals surface area contributed by atoms with E-state index in [1.807, 2.05) is 30.3 Å². The molecule has 1 N–H and O–H groups in total. The van der Waals surface area contributed by atoms with Gasteiger partial charge in [-0.05, 0) is 42.7 Å². The Morgan fingerprint density at radius 3 is 2.05 bits per heavy atom. The Hall–Kier alpha value is -1.94. The lowest BCUT2D eigenvalue weighted by atomic mass is 9.84. The first-order valence-electron chi connectivity index (χ1n) is 7.06. The summed E-state index contributed by atoms with van der Waals surface area (Å²) in [5, 5.41) is 10.7. The van der Waals surface area contributed by atoms with Gasteiger partial charge in [0, 0.05) is 24.8 Å². The Labute approximate surface area is 122 Å². The molecule has 21 heavy (non-hydrogen) atoms. The molecule has 2 nitrogen and oxygen atoms in total. The summed E-state index contributed by atoms with van der Waals surface area (Å²) >= 11 is 0. The maximum Gasteiger partial charge on any atom is 0.126 e. The van der Waals surface area contributed by atoms with E-state index in [1.165, 1.54) is 12.1 Å². The third-order valence-corrected chi connectivity index (χ3v) is 4.11. The Balaban J connectivity index is 1.77. The van der Waals surface area contributed by atoms with Crippen LogP contribution in [-0.2, 0) is 5.60 Å². The maximum atomic E-state index is 13.3. The van der Waals surface area contributed by atoms with E-state index in [0.717, 1.165) is 11.8 Å². The zero-order valence-corrected chi connectivity index (χ0v) is 11.6. The van der Waals surface area contributed by atoms with Crippen LogP contribution in [0.5, 0.6) is 0 Å². The highest BCUT2D eigenvalue weighted by atomic mass is 19.1. The standard InChI is InChI=1S/C17H17F2NO/c18-14-10-13(11-15(19)12-14)17(21)6-8-20(9-7-17)16-4-2-1-3-5-16/h1-5,10-12,21H,6-9H2. The molecule has 1 fully saturated rings. The van der Waals surface area contributed by atoms with Crippen molar-refractivity contribution < 1.29 is 13.9 Å². The molecule has 2 aromatic rings. The monoisotopic (exact) mass is 289 g/mol. The van der Waals surface area contributed by atoms with Gasteiger partial charge in [-0.2, -0.15) is 0 Å². The summed E-state index contributed by atoms with van der Waals surface area (Å²) in [7, 11) is 0. The van der Waals surface area contributed by atoms with Gasteiger partial charge >= 0.3 is 0 Å². The highest BCUT2D eigenvalue weighted by Crippen LogP contribution is 2.35. The summed E-state index contributed by atoms with van der Waals surface area (Å²) < 4.78 is 26.7. The Kier molecular flexibility index (Phi) is 3.64. The van der Waals surface area contributed by atoms with Crippen LogP contribution in [0.15, 0.2) is 48.5 Å². The second-order valence-corrected chi connectivity index (χ2v) is 5.51. The van der Waals surface area contributed by atoms with E-state index in [9.17, 15) is 13.9 Å². The molecule has 0 unspecified atom stereocenters. The molecule has 0 bridgehead atoms. The molecule has 0 aromatic heterocycles. The largest absolute Gasteiger partial charge is 0.385 e. The van der Waals surface area contributed by atoms with Crippen molar-refractivity contribution in [3.63, 3.8) is 0 Å². The lowest BCUT2D eigenvalue weighted by molar-refractivity contribution is 0.0112. The average molecular weight is 289 g/mol. The van der Waals surface area contributed by atoms with Gasteiger partial charge < -0.3 is 10.0 Å². The molecule has 0 atom stereocenters. The van der Waals surface area contributed by atoms with Crippen molar-refractivity contribution in [1.29, 1.82) is 0 Å². The Morgan fingerprint density at radius 1 is 0.905 bits per heavy atom. The van der Waals surface area contributed by atoms with Crippen LogP contribution in [0.2, 0.25) is 0 Å². The average Bonchev–Trinajstić information content (AvgIpc) is 2.48. The van der Waals surface area contributed by atoms with Crippen molar-refractivity contribution in [2.24, 2.45) is 0 Å². The zero-order valence-electron chi connectivity index (χ0n) is 11.6. The molecule has 1 aliphatic heterocycles. The van der Waals surface area contributed by atoms with Crippen molar-refractivity contribution in [3.05, 3.63) is 65.7 Å². The van der Waals surface area contributed by atoms with Crippen LogP contribution in [0.1, 0.15) is 18.4 Å². The summed E-state index contributed by atoms with van der Waals surface area (Å²) in [6.07, 6.45) is 0.898. The highest BCUT2D eigenvalue weighted by molar-refractivity contribution is 5.46. The molecule has 0 spiro atoms. The van der Waals surface area contributed by atoms with Crippen LogP contribution in [0.3, 0.4) is 0 Å². The van der Waals surface area contributed by atoms with Crippen LogP contribution >= 0.6 is 0 Å². The first-order valence-corrected chi connectivity index (χ1v) is 7.06. The van der Waals surface area contributed by atoms with Gasteiger partial charge in [0.1, 0.15) is 11.6 Å². The predicted molar refractivity (Wildman–Crippen MR) is 78.1 cm³/mol. The molecule has 0 aliphatic carbocycles. The number of halogens is 2. The number of para-hydroxylation sites is 1. The van der Waals surface area contributed by atoms with Crippen LogP contribution in [0.25, 0.3) is 0 Å². The number of hydrogen-bond donors (Lipinski definition) is 1. The Bertz CT molecular complexity index is 602. The third-order valence-electron chi connectivity index (χ3n) is 4.11. The number of rotatable bonds is 2. The van der Waals surface area contributed by atoms with Crippen LogP contribution in [0, 0.1) is 11.6 Å². The number of piperidine rings is 1. The number of nitrogens with zero attached hydrogens (tertiary/aromatic N) is 1. The van der Waals surface area contributed by atoms with Gasteiger partial charge in [0.2, 0.25) is 0 Å². The fraction of sp³-hybridized carbons (Fsp3) is 0.294. The maximum absolute atomic E-state index is 13.3. The third kappa shape index (κ3) is 2.90. The first kappa shape index (κ1) is 14.0. The minimum absolute atomic E-state index is 0.327. The molecule has 0 radical (unpaired) electrons. The van der Waals surface area contributed by atoms with Crippen molar-refractivity contribution in [3.8, 4) is 0 Å². The van der Waals surface area contributed by atoms with E-state index in [-0.39, 0.29) is 0 Å². The van der Waals surface area contributed by atoms with E-state index in [4.69, 9.17) is 0 Å². The van der Waals surface area contributed by atoms with Gasteiger partial charge in [-0.25, -0.2) is 8.78 Å². The van der Waals surface area contributed by atoms with Gasteiger partial charge in [0.05, 0.1) is 5.60 Å². The molecule has 110 valence electrons. The molecule has 1 aliphatic rings. The molecule has 0 amide bonds. The van der Waals surface area contributed by atoms with Crippen molar-refractivity contribution in [2.45, 2.75) is 18.4 Å². The fourth-order valence-corrected chi connectivity index (χ4v) is 2.88. The van der Waals surface area contributed by atoms with Gasteiger partial charge in [0.15, 0.2) is 0 Å². The van der Waals surface area contributed by atoms with Gasteiger partial charge in [-0.1, -0.05) is 18.2 Å². The summed E-state index contributed by atoms with van der Waals surface area (Å²) in [5.74, 6) is -1.30. The second kappa shape index (κ2) is 5.45. The molecular formula is C17H17F2NO. The van der Waals surface area contributed by atoms with Crippen molar-refractivity contribution >= 4 is 5.69 Å². The van der Waals surface area contributed by atoms with Crippen LogP contribution in [-0.4, -0.2) is 18.2 Å². The van der Waals surface area contributed by atoms with Crippen LogP contribution in [0.4, 0.5) is 14.5 Å². The molecule has 2 aromatic carbocycles. The second-order valence-electron chi connectivity index (χ2n) is 5.51. The lowest BCUT2D eigenvalue weighted by Gasteiger charge is -2.39. The van der Waals surface area contributed by atoms with Gasteiger partial charge in [0.25, 0.3) is 0 Å². The van der Waals surface area contributed by atoms with Crippen molar-refractivity contribution in [2.75, 3.05) is 18.0 Å². The Morgan fingerprint density at radius 2 is 1.48 bits per heavy atom. The normalized spacial score (nSPS) is 17.8.